The molecule has 0 saturated carbocycles. The van der Waals surface area contributed by atoms with E-state index in [-0.39, 0.29) is 15.8 Å². The molecule has 2 aliphatic rings. The van der Waals surface area contributed by atoms with Crippen molar-refractivity contribution in [2.75, 3.05) is 4.90 Å². The van der Waals surface area contributed by atoms with Crippen LogP contribution in [0.1, 0.15) is 12.5 Å². The van der Waals surface area contributed by atoms with Gasteiger partial charge in [-0.2, -0.15) is 0 Å². The number of benzene rings is 2. The summed E-state index contributed by atoms with van der Waals surface area (Å²) in [6.07, 6.45) is 3.52. The fraction of sp³-hybridized carbons (Fsp3) is 0.346. The molecule has 1 fully saturated rings. The highest BCUT2D eigenvalue weighted by atomic mass is 79.9. The summed E-state index contributed by atoms with van der Waals surface area (Å²) in [4.78, 5) is 15.2. The van der Waals surface area contributed by atoms with Crippen LogP contribution in [-0.2, 0) is 10.3 Å². The number of para-hydroxylation sites is 2. The average molecular weight is 589 g/mol. The first kappa shape index (κ1) is 24.3. The van der Waals surface area contributed by atoms with Crippen LogP contribution in [-0.4, -0.2) is 30.0 Å². The summed E-state index contributed by atoms with van der Waals surface area (Å²) < 4.78 is 12.3. The fourth-order valence-electron chi connectivity index (χ4n) is 4.28. The molecule has 2 aromatic rings. The standard InChI is InChI=1S/C26H27Br2NO3Si/c1-18(14-15-23(27)28)26-20-12-8-9-13-21(20)29(25(30)31-19-10-6-5-7-11-19)22(24(26)32-26)16-17-33(2,3)4/h5-15,18,22-24H,1-4H3/b15-14-/t18-,22+,24+,26-/m1/s1. The molecule has 4 nitrogen and oxygen atoms in total. The number of carbonyl (C=O) groups is 1. The maximum Gasteiger partial charge on any atom is 0.420 e. The predicted octanol–water partition coefficient (Wildman–Crippen LogP) is 6.86. The summed E-state index contributed by atoms with van der Waals surface area (Å²) in [7, 11) is -1.69. The van der Waals surface area contributed by atoms with E-state index in [1.54, 1.807) is 17.0 Å². The Labute approximate surface area is 213 Å². The molecule has 172 valence electrons. The number of epoxide rings is 1. The topological polar surface area (TPSA) is 42.1 Å². The van der Waals surface area contributed by atoms with Gasteiger partial charge in [0.2, 0.25) is 0 Å². The normalized spacial score (nSPS) is 24.5. The lowest BCUT2D eigenvalue weighted by Crippen LogP contribution is -2.50. The Kier molecular flexibility index (Phi) is 6.93. The van der Waals surface area contributed by atoms with Gasteiger partial charge in [-0.25, -0.2) is 4.79 Å². The monoisotopic (exact) mass is 587 g/mol. The van der Waals surface area contributed by atoms with Crippen molar-refractivity contribution in [2.24, 2.45) is 5.92 Å². The fourth-order valence-corrected chi connectivity index (χ4v) is 5.21. The van der Waals surface area contributed by atoms with E-state index in [2.05, 4.69) is 82.0 Å². The van der Waals surface area contributed by atoms with Crippen LogP contribution in [0.2, 0.25) is 19.6 Å². The molecular weight excluding hydrogens is 562 g/mol. The third kappa shape index (κ3) is 5.00. The smallest absolute Gasteiger partial charge is 0.410 e. The summed E-state index contributed by atoms with van der Waals surface area (Å²) in [6.45, 7) is 8.74. The Morgan fingerprint density at radius 2 is 1.79 bits per heavy atom. The summed E-state index contributed by atoms with van der Waals surface area (Å²) >= 11 is 7.02. The lowest BCUT2D eigenvalue weighted by Gasteiger charge is -2.36. The summed E-state index contributed by atoms with van der Waals surface area (Å²) in [5.74, 6) is 4.01. The van der Waals surface area contributed by atoms with E-state index < -0.39 is 25.8 Å². The van der Waals surface area contributed by atoms with Gasteiger partial charge in [0.25, 0.3) is 0 Å². The van der Waals surface area contributed by atoms with E-state index in [9.17, 15) is 4.79 Å². The number of hydrogen-bond acceptors (Lipinski definition) is 3. The van der Waals surface area contributed by atoms with Gasteiger partial charge in [0, 0.05) is 11.5 Å². The molecule has 7 heteroatoms. The molecule has 4 atom stereocenters. The molecular formula is C26H27Br2NO3Si. The minimum absolute atomic E-state index is 0.0831. The first-order chi connectivity index (χ1) is 15.6. The molecule has 2 aliphatic heterocycles. The number of ether oxygens (including phenoxy) is 2. The van der Waals surface area contributed by atoms with E-state index in [4.69, 9.17) is 9.47 Å². The van der Waals surface area contributed by atoms with E-state index in [0.29, 0.717) is 5.75 Å². The first-order valence-corrected chi connectivity index (χ1v) is 16.3. The quantitative estimate of drug-likeness (QED) is 0.129. The van der Waals surface area contributed by atoms with E-state index in [1.807, 2.05) is 42.5 Å². The number of carbonyl (C=O) groups excluding carboxylic acids is 1. The molecule has 1 saturated heterocycles. The second-order valence-corrected chi connectivity index (χ2v) is 17.3. The van der Waals surface area contributed by atoms with Gasteiger partial charge >= 0.3 is 6.09 Å². The lowest BCUT2D eigenvalue weighted by molar-refractivity contribution is 0.204. The maximum absolute atomic E-state index is 13.5. The van der Waals surface area contributed by atoms with Crippen LogP contribution in [0.3, 0.4) is 0 Å². The van der Waals surface area contributed by atoms with Gasteiger partial charge in [-0.15, -0.1) is 5.54 Å². The van der Waals surface area contributed by atoms with Gasteiger partial charge in [0.15, 0.2) is 0 Å². The molecule has 4 rings (SSSR count). The van der Waals surface area contributed by atoms with Crippen molar-refractivity contribution in [3.05, 3.63) is 72.3 Å². The second-order valence-electron chi connectivity index (χ2n) is 9.37. The van der Waals surface area contributed by atoms with Gasteiger partial charge in [-0.1, -0.05) is 113 Å². The number of halogens is 2. The Bertz CT molecular complexity index is 1120. The van der Waals surface area contributed by atoms with E-state index in [1.165, 1.54) is 0 Å². The van der Waals surface area contributed by atoms with Gasteiger partial charge in [0.05, 0.1) is 9.42 Å². The maximum atomic E-state index is 13.5. The number of fused-ring (bicyclic) bond motifs is 3. The average Bonchev–Trinajstić information content (AvgIpc) is 3.53. The van der Waals surface area contributed by atoms with Crippen molar-refractivity contribution in [1.29, 1.82) is 0 Å². The molecule has 0 spiro atoms. The first-order valence-electron chi connectivity index (χ1n) is 11.0. The molecule has 0 bridgehead atoms. The van der Waals surface area contributed by atoms with Crippen LogP contribution in [0.5, 0.6) is 5.75 Å². The zero-order valence-electron chi connectivity index (χ0n) is 19.1. The zero-order chi connectivity index (χ0) is 23.8. The van der Waals surface area contributed by atoms with Gasteiger partial charge < -0.3 is 9.47 Å². The van der Waals surface area contributed by atoms with Gasteiger partial charge in [-0.3, -0.25) is 4.90 Å². The minimum atomic E-state index is -1.69. The molecule has 2 aromatic carbocycles. The van der Waals surface area contributed by atoms with Crippen LogP contribution in [0, 0.1) is 17.4 Å². The van der Waals surface area contributed by atoms with Crippen molar-refractivity contribution in [2.45, 2.75) is 48.0 Å². The van der Waals surface area contributed by atoms with Crippen molar-refractivity contribution < 1.29 is 14.3 Å². The molecule has 0 aromatic heterocycles. The third-order valence-corrected chi connectivity index (χ3v) is 7.30. The minimum Gasteiger partial charge on any atom is -0.410 e. The number of anilines is 1. The van der Waals surface area contributed by atoms with Crippen LogP contribution in [0.25, 0.3) is 0 Å². The Balaban J connectivity index is 1.79. The van der Waals surface area contributed by atoms with Crippen molar-refractivity contribution in [3.63, 3.8) is 0 Å². The molecule has 1 amide bonds. The largest absolute Gasteiger partial charge is 0.420 e. The number of allylic oxidation sites excluding steroid dienone is 1. The van der Waals surface area contributed by atoms with E-state index >= 15 is 0 Å². The molecule has 0 unspecified atom stereocenters. The van der Waals surface area contributed by atoms with Crippen molar-refractivity contribution in [3.8, 4) is 17.2 Å². The number of rotatable bonds is 4. The summed E-state index contributed by atoms with van der Waals surface area (Å²) in [5, 5.41) is 0. The highest BCUT2D eigenvalue weighted by Crippen LogP contribution is 2.60. The SMILES string of the molecule is C[C@H](/C=C\C(Br)Br)[C@]12O[C@H]1[C@H](C#C[Si](C)(C)C)N(C(=O)Oc1ccccc1)c1ccccc12. The van der Waals surface area contributed by atoms with Crippen LogP contribution < -0.4 is 9.64 Å². The predicted molar refractivity (Wildman–Crippen MR) is 143 cm³/mol. The third-order valence-electron chi connectivity index (χ3n) is 5.80. The van der Waals surface area contributed by atoms with Gasteiger partial charge in [-0.05, 0) is 18.2 Å². The number of hydrogen-bond donors (Lipinski definition) is 0. The Hall–Kier alpha value is -1.85. The number of alkyl halides is 2. The Morgan fingerprint density at radius 3 is 2.45 bits per heavy atom. The molecule has 2 heterocycles. The number of amides is 1. The van der Waals surface area contributed by atoms with E-state index in [0.717, 1.165) is 11.3 Å². The molecule has 0 aliphatic carbocycles. The lowest BCUT2D eigenvalue weighted by atomic mass is 9.78. The van der Waals surface area contributed by atoms with Crippen LogP contribution in [0.4, 0.5) is 10.5 Å². The summed E-state index contributed by atoms with van der Waals surface area (Å²) in [5.41, 5.74) is 4.72. The number of nitrogens with zero attached hydrogens (tertiary/aromatic N) is 1. The highest BCUT2D eigenvalue weighted by molar-refractivity contribution is 9.24. The van der Waals surface area contributed by atoms with Crippen molar-refractivity contribution >= 4 is 51.7 Å². The second kappa shape index (κ2) is 9.42. The Morgan fingerprint density at radius 1 is 1.12 bits per heavy atom. The molecule has 0 N–H and O–H groups in total. The van der Waals surface area contributed by atoms with Crippen LogP contribution in [0.15, 0.2) is 66.7 Å². The van der Waals surface area contributed by atoms with Crippen molar-refractivity contribution in [1.82, 2.24) is 0 Å². The molecule has 0 radical (unpaired) electrons. The van der Waals surface area contributed by atoms with Gasteiger partial charge in [0.1, 0.15) is 31.6 Å². The summed E-state index contributed by atoms with van der Waals surface area (Å²) in [6, 6.07) is 16.6. The molecule has 33 heavy (non-hydrogen) atoms. The zero-order valence-corrected chi connectivity index (χ0v) is 23.3. The highest BCUT2D eigenvalue weighted by Gasteiger charge is 2.69. The van der Waals surface area contributed by atoms with Crippen LogP contribution >= 0.6 is 31.9 Å².